The van der Waals surface area contributed by atoms with Gasteiger partial charge in [0.05, 0.1) is 6.26 Å². The number of nitrogens with one attached hydrogen (secondary N) is 1. The number of hydrogen-bond donors (Lipinski definition) is 1. The molecule has 0 unspecified atom stereocenters. The standard InChI is InChI=1S/C23H22N2O4/c1-16-4-8-20(9-5-16)29-15-22(26)24-19-7-6-17-10-11-25(14-18(17)13-19)23(27)21-3-2-12-28-21/h2-9,12-13H,10-11,14-15H2,1H3,(H,24,26). The normalized spacial score (nSPS) is 12.9. The number of benzene rings is 2. The van der Waals surface area contributed by atoms with Crippen LogP contribution in [0.3, 0.4) is 0 Å². The van der Waals surface area contributed by atoms with Gasteiger partial charge in [-0.1, -0.05) is 23.8 Å². The van der Waals surface area contributed by atoms with Gasteiger partial charge in [0.2, 0.25) is 0 Å². The smallest absolute Gasteiger partial charge is 0.289 e. The fraction of sp³-hybridized carbons (Fsp3) is 0.217. The van der Waals surface area contributed by atoms with Gasteiger partial charge in [0, 0.05) is 18.8 Å². The lowest BCUT2D eigenvalue weighted by molar-refractivity contribution is -0.118. The van der Waals surface area contributed by atoms with E-state index in [4.69, 9.17) is 9.15 Å². The van der Waals surface area contributed by atoms with Gasteiger partial charge in [-0.05, 0) is 60.9 Å². The second-order valence-electron chi connectivity index (χ2n) is 7.09. The number of carbonyl (C=O) groups excluding carboxylic acids is 2. The Kier molecular flexibility index (Phi) is 5.33. The average Bonchev–Trinajstić information content (AvgIpc) is 3.27. The van der Waals surface area contributed by atoms with Crippen molar-refractivity contribution in [2.24, 2.45) is 0 Å². The molecule has 0 spiro atoms. The van der Waals surface area contributed by atoms with Crippen LogP contribution in [0.15, 0.2) is 65.3 Å². The topological polar surface area (TPSA) is 71.8 Å². The van der Waals surface area contributed by atoms with Gasteiger partial charge in [-0.15, -0.1) is 0 Å². The number of fused-ring (bicyclic) bond motifs is 1. The van der Waals surface area contributed by atoms with Crippen LogP contribution in [0.2, 0.25) is 0 Å². The summed E-state index contributed by atoms with van der Waals surface area (Å²) in [4.78, 5) is 26.5. The van der Waals surface area contributed by atoms with Gasteiger partial charge in [0.1, 0.15) is 5.75 Å². The van der Waals surface area contributed by atoms with E-state index in [1.54, 1.807) is 17.0 Å². The molecule has 4 rings (SSSR count). The van der Waals surface area contributed by atoms with Crippen LogP contribution in [-0.4, -0.2) is 29.9 Å². The minimum atomic E-state index is -0.232. The first kappa shape index (κ1) is 18.8. The van der Waals surface area contributed by atoms with Crippen LogP contribution in [0.25, 0.3) is 0 Å². The SMILES string of the molecule is Cc1ccc(OCC(=O)Nc2ccc3c(c2)CN(C(=O)c2ccco2)CC3)cc1. The molecule has 29 heavy (non-hydrogen) atoms. The molecule has 2 aromatic carbocycles. The summed E-state index contributed by atoms with van der Waals surface area (Å²) in [7, 11) is 0. The molecule has 148 valence electrons. The first-order valence-electron chi connectivity index (χ1n) is 9.52. The minimum Gasteiger partial charge on any atom is -0.484 e. The lowest BCUT2D eigenvalue weighted by atomic mass is 9.99. The van der Waals surface area contributed by atoms with Crippen LogP contribution >= 0.6 is 0 Å². The van der Waals surface area contributed by atoms with E-state index >= 15 is 0 Å². The largest absolute Gasteiger partial charge is 0.484 e. The predicted octanol–water partition coefficient (Wildman–Crippen LogP) is 3.80. The molecule has 1 aliphatic heterocycles. The fourth-order valence-corrected chi connectivity index (χ4v) is 3.34. The lowest BCUT2D eigenvalue weighted by Crippen LogP contribution is -2.35. The Hall–Kier alpha value is -3.54. The number of hydrogen-bond acceptors (Lipinski definition) is 4. The number of anilines is 1. The maximum absolute atomic E-state index is 12.5. The molecule has 0 atom stereocenters. The molecule has 0 fully saturated rings. The average molecular weight is 390 g/mol. The minimum absolute atomic E-state index is 0.0662. The number of rotatable bonds is 5. The fourth-order valence-electron chi connectivity index (χ4n) is 3.34. The number of ether oxygens (including phenoxy) is 1. The summed E-state index contributed by atoms with van der Waals surface area (Å²) in [6.45, 7) is 3.06. The van der Waals surface area contributed by atoms with E-state index in [0.717, 1.165) is 17.5 Å². The highest BCUT2D eigenvalue weighted by molar-refractivity contribution is 5.92. The van der Waals surface area contributed by atoms with Crippen molar-refractivity contribution in [2.45, 2.75) is 19.9 Å². The van der Waals surface area contributed by atoms with Crippen molar-refractivity contribution in [1.29, 1.82) is 0 Å². The van der Waals surface area contributed by atoms with Gasteiger partial charge in [-0.3, -0.25) is 9.59 Å². The molecule has 1 aliphatic rings. The summed E-state index contributed by atoms with van der Waals surface area (Å²) in [6.07, 6.45) is 2.27. The van der Waals surface area contributed by atoms with Crippen molar-refractivity contribution in [2.75, 3.05) is 18.5 Å². The molecule has 0 radical (unpaired) electrons. The van der Waals surface area contributed by atoms with Crippen molar-refractivity contribution in [3.8, 4) is 5.75 Å². The Morgan fingerprint density at radius 2 is 1.93 bits per heavy atom. The van der Waals surface area contributed by atoms with Crippen LogP contribution in [0.1, 0.15) is 27.2 Å². The third-order valence-corrected chi connectivity index (χ3v) is 4.91. The first-order chi connectivity index (χ1) is 14.1. The number of furan rings is 1. The van der Waals surface area contributed by atoms with Gasteiger partial charge in [0.15, 0.2) is 12.4 Å². The number of amides is 2. The quantitative estimate of drug-likeness (QED) is 0.719. The van der Waals surface area contributed by atoms with Gasteiger partial charge in [-0.25, -0.2) is 0 Å². The molecule has 1 N–H and O–H groups in total. The van der Waals surface area contributed by atoms with Gasteiger partial charge in [0.25, 0.3) is 11.8 Å². The van der Waals surface area contributed by atoms with E-state index in [1.165, 1.54) is 11.8 Å². The van der Waals surface area contributed by atoms with E-state index in [2.05, 4.69) is 5.32 Å². The van der Waals surface area contributed by atoms with Gasteiger partial charge >= 0.3 is 0 Å². The monoisotopic (exact) mass is 390 g/mol. The molecule has 0 bridgehead atoms. The molecule has 0 saturated heterocycles. The van der Waals surface area contributed by atoms with E-state index < -0.39 is 0 Å². The molecule has 0 saturated carbocycles. The van der Waals surface area contributed by atoms with Crippen LogP contribution < -0.4 is 10.1 Å². The Morgan fingerprint density at radius 3 is 2.69 bits per heavy atom. The zero-order chi connectivity index (χ0) is 20.2. The highest BCUT2D eigenvalue weighted by Crippen LogP contribution is 2.24. The Morgan fingerprint density at radius 1 is 1.10 bits per heavy atom. The Balaban J connectivity index is 1.37. The molecular formula is C23H22N2O4. The summed E-state index contributed by atoms with van der Waals surface area (Å²) in [6, 6.07) is 16.7. The highest BCUT2D eigenvalue weighted by Gasteiger charge is 2.23. The summed E-state index contributed by atoms with van der Waals surface area (Å²) >= 11 is 0. The Bertz CT molecular complexity index is 1010. The van der Waals surface area contributed by atoms with Crippen molar-refractivity contribution < 1.29 is 18.7 Å². The first-order valence-corrected chi connectivity index (χ1v) is 9.52. The second kappa shape index (κ2) is 8.22. The molecule has 6 heteroatoms. The van der Waals surface area contributed by atoms with Crippen molar-refractivity contribution in [3.05, 3.63) is 83.3 Å². The van der Waals surface area contributed by atoms with E-state index in [9.17, 15) is 9.59 Å². The molecule has 2 heterocycles. The third-order valence-electron chi connectivity index (χ3n) is 4.91. The molecular weight excluding hydrogens is 368 g/mol. The van der Waals surface area contributed by atoms with E-state index in [0.29, 0.717) is 30.3 Å². The summed E-state index contributed by atoms with van der Waals surface area (Å²) in [5.41, 5.74) is 4.03. The zero-order valence-electron chi connectivity index (χ0n) is 16.2. The van der Waals surface area contributed by atoms with Crippen LogP contribution in [0.5, 0.6) is 5.75 Å². The van der Waals surface area contributed by atoms with E-state index in [1.807, 2.05) is 49.4 Å². The van der Waals surface area contributed by atoms with Crippen molar-refractivity contribution in [3.63, 3.8) is 0 Å². The van der Waals surface area contributed by atoms with Crippen molar-refractivity contribution in [1.82, 2.24) is 4.90 Å². The number of nitrogens with zero attached hydrogens (tertiary/aromatic N) is 1. The Labute approximate surface area is 169 Å². The van der Waals surface area contributed by atoms with Crippen molar-refractivity contribution >= 4 is 17.5 Å². The molecule has 2 amide bonds. The van der Waals surface area contributed by atoms with Gasteiger partial charge in [-0.2, -0.15) is 0 Å². The molecule has 3 aromatic rings. The molecule has 0 aliphatic carbocycles. The van der Waals surface area contributed by atoms with Crippen LogP contribution in [0.4, 0.5) is 5.69 Å². The van der Waals surface area contributed by atoms with Crippen LogP contribution in [-0.2, 0) is 17.8 Å². The summed E-state index contributed by atoms with van der Waals surface area (Å²) < 4.78 is 10.7. The lowest BCUT2D eigenvalue weighted by Gasteiger charge is -2.28. The maximum atomic E-state index is 12.5. The van der Waals surface area contributed by atoms with E-state index in [-0.39, 0.29) is 18.4 Å². The highest BCUT2D eigenvalue weighted by atomic mass is 16.5. The second-order valence-corrected chi connectivity index (χ2v) is 7.09. The van der Waals surface area contributed by atoms with Gasteiger partial charge < -0.3 is 19.4 Å². The zero-order valence-corrected chi connectivity index (χ0v) is 16.2. The van der Waals surface area contributed by atoms with Crippen LogP contribution in [0, 0.1) is 6.92 Å². The summed E-state index contributed by atoms with van der Waals surface area (Å²) in [5, 5.41) is 2.86. The molecule has 1 aromatic heterocycles. The summed E-state index contributed by atoms with van der Waals surface area (Å²) in [5.74, 6) is 0.640. The molecule has 6 nitrogen and oxygen atoms in total. The number of aryl methyl sites for hydroxylation is 1. The number of carbonyl (C=O) groups is 2. The third kappa shape index (κ3) is 4.48. The predicted molar refractivity (Wildman–Crippen MR) is 109 cm³/mol. The maximum Gasteiger partial charge on any atom is 0.289 e.